The van der Waals surface area contributed by atoms with E-state index in [1.165, 1.54) is 11.0 Å². The van der Waals surface area contributed by atoms with Gasteiger partial charge < -0.3 is 26.2 Å². The van der Waals surface area contributed by atoms with Crippen molar-refractivity contribution in [2.45, 2.75) is 24.5 Å². The summed E-state index contributed by atoms with van der Waals surface area (Å²) in [5, 5.41) is 47.2. The maximum absolute atomic E-state index is 13.5. The van der Waals surface area contributed by atoms with E-state index in [0.717, 1.165) is 0 Å². The molecule has 0 aliphatic heterocycles. The molecule has 9 nitrogen and oxygen atoms in total. The highest BCUT2D eigenvalue weighted by Crippen LogP contribution is 2.52. The number of hydrogen-bond acceptors (Lipinski definition) is 9. The Morgan fingerprint density at radius 3 is 2.31 bits per heavy atom. The number of phenols is 1. The number of carbonyl (C=O) groups is 3. The van der Waals surface area contributed by atoms with Gasteiger partial charge in [-0.15, -0.1) is 0 Å². The van der Waals surface area contributed by atoms with Crippen LogP contribution in [0.2, 0.25) is 0 Å². The number of fused-ring (bicyclic) bond motifs is 3. The molecule has 0 spiro atoms. The fourth-order valence-electron chi connectivity index (χ4n) is 5.41. The monoisotopic (exact) mass is 498 g/mol. The number of likely N-dealkylation sites (N-methyl/N-ethyl adjacent to an activating group) is 1. The average molecular weight is 499 g/mol. The molecule has 2 aromatic rings. The third-order valence-corrected chi connectivity index (χ3v) is 7.51. The summed E-state index contributed by atoms with van der Waals surface area (Å²) in [5.74, 6) is -6.43. The Morgan fingerprint density at radius 1 is 1.11 bits per heavy atom. The first-order chi connectivity index (χ1) is 16.5. The molecule has 1 amide bonds. The number of Topliss-reactive ketones (excluding diaryl/α,β-unsaturated/α-hetero) is 2. The Hall–Kier alpha value is -3.47. The number of primary amides is 1. The zero-order chi connectivity index (χ0) is 25.7. The minimum absolute atomic E-state index is 0.0847. The first kappa shape index (κ1) is 24.6. The van der Waals surface area contributed by atoms with Crippen molar-refractivity contribution in [2.75, 3.05) is 14.1 Å². The smallest absolute Gasteiger partial charge is 0.255 e. The molecular weight excluding hydrogens is 472 g/mol. The molecule has 3 aliphatic carbocycles. The van der Waals surface area contributed by atoms with Gasteiger partial charge >= 0.3 is 0 Å². The third kappa shape index (κ3) is 3.74. The van der Waals surface area contributed by atoms with E-state index in [4.69, 9.17) is 5.73 Å². The highest BCUT2D eigenvalue weighted by atomic mass is 32.1. The van der Waals surface area contributed by atoms with Gasteiger partial charge in [0.05, 0.1) is 11.6 Å². The molecule has 35 heavy (non-hydrogen) atoms. The maximum atomic E-state index is 13.5. The SMILES string of the molecule is CN(C)[C@@H]1C(=O)C(C(N)=O)=C(O)[C@@]2(O)C(=O)C3=C(O)c4c(O)cccc4C[C@H]3C[C@@H]12.c1ccsc1. The minimum Gasteiger partial charge on any atom is -0.508 e. The molecule has 0 radical (unpaired) electrons. The number of thiophene rings is 1. The number of nitrogens with zero attached hydrogens (tertiary/aromatic N) is 1. The lowest BCUT2D eigenvalue weighted by molar-refractivity contribution is -0.153. The van der Waals surface area contributed by atoms with Crippen LogP contribution in [-0.2, 0) is 20.8 Å². The number of aliphatic hydroxyl groups excluding tert-OH is 2. The van der Waals surface area contributed by atoms with Crippen LogP contribution in [0.4, 0.5) is 0 Å². The molecule has 1 aromatic heterocycles. The fraction of sp³-hybridized carbons (Fsp3) is 0.320. The van der Waals surface area contributed by atoms with Crippen LogP contribution in [-0.4, -0.2) is 68.5 Å². The van der Waals surface area contributed by atoms with Crippen molar-refractivity contribution in [3.05, 3.63) is 69.1 Å². The van der Waals surface area contributed by atoms with E-state index < -0.39 is 58.0 Å². The first-order valence-electron chi connectivity index (χ1n) is 10.9. The lowest BCUT2D eigenvalue weighted by Gasteiger charge is -2.50. The molecule has 3 aliphatic rings. The summed E-state index contributed by atoms with van der Waals surface area (Å²) < 4.78 is 0. The zero-order valence-corrected chi connectivity index (χ0v) is 20.0. The Morgan fingerprint density at radius 2 is 1.77 bits per heavy atom. The molecule has 1 heterocycles. The predicted molar refractivity (Wildman–Crippen MR) is 129 cm³/mol. The van der Waals surface area contributed by atoms with Gasteiger partial charge in [-0.25, -0.2) is 0 Å². The summed E-state index contributed by atoms with van der Waals surface area (Å²) in [6.07, 6.45) is 0.379. The average Bonchev–Trinajstić information content (AvgIpc) is 3.36. The van der Waals surface area contributed by atoms with Gasteiger partial charge in [-0.1, -0.05) is 24.3 Å². The topological polar surface area (TPSA) is 161 Å². The number of aliphatic hydroxyl groups is 3. The Balaban J connectivity index is 0.000000514. The predicted octanol–water partition coefficient (Wildman–Crippen LogP) is 1.71. The van der Waals surface area contributed by atoms with E-state index in [1.807, 2.05) is 22.9 Å². The molecule has 6 N–H and O–H groups in total. The van der Waals surface area contributed by atoms with E-state index >= 15 is 0 Å². The van der Waals surface area contributed by atoms with Crippen LogP contribution in [0.25, 0.3) is 5.76 Å². The van der Waals surface area contributed by atoms with Gasteiger partial charge in [0.1, 0.15) is 22.8 Å². The molecule has 184 valence electrons. The summed E-state index contributed by atoms with van der Waals surface area (Å²) in [4.78, 5) is 39.7. The van der Waals surface area contributed by atoms with Crippen molar-refractivity contribution in [3.8, 4) is 5.75 Å². The minimum atomic E-state index is -2.60. The van der Waals surface area contributed by atoms with E-state index in [0.29, 0.717) is 12.0 Å². The van der Waals surface area contributed by atoms with Crippen molar-refractivity contribution < 1.29 is 34.8 Å². The second kappa shape index (κ2) is 8.95. The maximum Gasteiger partial charge on any atom is 0.255 e. The molecule has 0 saturated heterocycles. The summed E-state index contributed by atoms with van der Waals surface area (Å²) in [5.41, 5.74) is 2.41. The van der Waals surface area contributed by atoms with Gasteiger partial charge in [0.15, 0.2) is 11.4 Å². The van der Waals surface area contributed by atoms with Crippen molar-refractivity contribution in [3.63, 3.8) is 0 Å². The lowest BCUT2D eigenvalue weighted by atomic mass is 9.57. The largest absolute Gasteiger partial charge is 0.508 e. The van der Waals surface area contributed by atoms with Crippen LogP contribution in [0.5, 0.6) is 5.75 Å². The van der Waals surface area contributed by atoms with Crippen LogP contribution in [0, 0.1) is 11.8 Å². The number of amides is 1. The van der Waals surface area contributed by atoms with Crippen molar-refractivity contribution in [2.24, 2.45) is 17.6 Å². The van der Waals surface area contributed by atoms with Gasteiger partial charge in [0.2, 0.25) is 5.78 Å². The second-order valence-corrected chi connectivity index (χ2v) is 9.88. The Labute approximate surface area is 205 Å². The van der Waals surface area contributed by atoms with Crippen LogP contribution >= 0.6 is 11.3 Å². The number of carbonyl (C=O) groups excluding carboxylic acids is 3. The molecule has 0 unspecified atom stereocenters. The zero-order valence-electron chi connectivity index (χ0n) is 19.1. The lowest BCUT2D eigenvalue weighted by Crippen LogP contribution is -2.65. The molecule has 10 heteroatoms. The quantitative estimate of drug-likeness (QED) is 0.391. The second-order valence-electron chi connectivity index (χ2n) is 9.07. The van der Waals surface area contributed by atoms with Crippen LogP contribution < -0.4 is 5.73 Å². The Kier molecular flexibility index (Phi) is 6.31. The van der Waals surface area contributed by atoms with Crippen LogP contribution in [0.15, 0.2) is 58.0 Å². The van der Waals surface area contributed by atoms with Crippen molar-refractivity contribution >= 4 is 34.6 Å². The highest BCUT2D eigenvalue weighted by molar-refractivity contribution is 7.07. The van der Waals surface area contributed by atoms with E-state index in [-0.39, 0.29) is 23.3 Å². The van der Waals surface area contributed by atoms with Crippen LogP contribution in [0.3, 0.4) is 0 Å². The molecule has 0 bridgehead atoms. The first-order valence-corrected chi connectivity index (χ1v) is 11.9. The van der Waals surface area contributed by atoms with E-state index in [2.05, 4.69) is 0 Å². The van der Waals surface area contributed by atoms with E-state index in [1.54, 1.807) is 37.6 Å². The standard InChI is InChI=1S/C21H22N2O7.C4H4S/c1-23(2)15-10-7-9-6-8-4-3-5-11(24)12(8)16(25)13(9)18(27)21(10,30)19(28)14(17(15)26)20(22)29;1-2-4-5-3-1/h3-5,9-10,15,24-25,28,30H,6-7H2,1-2H3,(H2,22,29);1-4H/t9-,10-,15-,21-;/m0./s1. The van der Waals surface area contributed by atoms with Gasteiger partial charge in [-0.2, -0.15) is 11.3 Å². The van der Waals surface area contributed by atoms with Crippen molar-refractivity contribution in [1.82, 2.24) is 4.90 Å². The summed E-state index contributed by atoms with van der Waals surface area (Å²) >= 11 is 1.71. The molecular formula is C25H26N2O7S. The number of phenolic OH excluding ortho intramolecular Hbond substituents is 1. The van der Waals surface area contributed by atoms with Crippen molar-refractivity contribution in [1.29, 1.82) is 0 Å². The summed E-state index contributed by atoms with van der Waals surface area (Å²) in [7, 11) is 3.12. The number of nitrogens with two attached hydrogens (primary N) is 1. The molecule has 1 saturated carbocycles. The van der Waals surface area contributed by atoms with Gasteiger partial charge in [-0.3, -0.25) is 19.3 Å². The number of hydrogen-bond donors (Lipinski definition) is 5. The fourth-order valence-corrected chi connectivity index (χ4v) is 5.86. The van der Waals surface area contributed by atoms with Crippen LogP contribution in [0.1, 0.15) is 17.5 Å². The van der Waals surface area contributed by atoms with Gasteiger partial charge in [-0.05, 0) is 55.2 Å². The molecule has 1 aromatic carbocycles. The molecule has 5 rings (SSSR count). The number of aromatic hydroxyl groups is 1. The number of ketones is 2. The molecule has 4 atom stereocenters. The number of benzene rings is 1. The normalized spacial score (nSPS) is 27.6. The van der Waals surface area contributed by atoms with E-state index in [9.17, 15) is 34.8 Å². The van der Waals surface area contributed by atoms with Gasteiger partial charge in [0.25, 0.3) is 5.91 Å². The number of rotatable bonds is 2. The summed E-state index contributed by atoms with van der Waals surface area (Å²) in [6.45, 7) is 0. The van der Waals surface area contributed by atoms with Gasteiger partial charge in [0, 0.05) is 11.5 Å². The molecule has 1 fully saturated rings. The summed E-state index contributed by atoms with van der Waals surface area (Å²) in [6, 6.07) is 7.66. The third-order valence-electron chi connectivity index (χ3n) is 6.88. The highest BCUT2D eigenvalue weighted by Gasteiger charge is 2.64. The Bertz CT molecular complexity index is 1250.